The first-order valence-corrected chi connectivity index (χ1v) is 7.00. The standard InChI is InChI=1S/C16H24N2O/c1-11-4-5-14(13(3)12(11)2)8-15(19)18-10-16(9-17)6-7-16/h4-5H,6-10,17H2,1-3H3,(H,18,19). The van der Waals surface area contributed by atoms with Crippen LogP contribution in [-0.4, -0.2) is 19.0 Å². The van der Waals surface area contributed by atoms with Gasteiger partial charge in [-0.3, -0.25) is 4.79 Å². The number of amides is 1. The predicted octanol–water partition coefficient (Wildman–Crippen LogP) is 2.01. The second-order valence-corrected chi connectivity index (χ2v) is 5.95. The molecule has 0 aromatic heterocycles. The summed E-state index contributed by atoms with van der Waals surface area (Å²) in [7, 11) is 0. The molecule has 0 aliphatic heterocycles. The van der Waals surface area contributed by atoms with Crippen LogP contribution >= 0.6 is 0 Å². The van der Waals surface area contributed by atoms with E-state index in [4.69, 9.17) is 5.73 Å². The van der Waals surface area contributed by atoms with Crippen LogP contribution in [-0.2, 0) is 11.2 Å². The molecule has 1 saturated carbocycles. The number of hydrogen-bond donors (Lipinski definition) is 2. The molecule has 3 N–H and O–H groups in total. The first-order valence-electron chi connectivity index (χ1n) is 7.00. The Morgan fingerprint density at radius 1 is 1.26 bits per heavy atom. The van der Waals surface area contributed by atoms with Crippen LogP contribution in [0, 0.1) is 26.2 Å². The summed E-state index contributed by atoms with van der Waals surface area (Å²) in [5.41, 5.74) is 10.8. The maximum Gasteiger partial charge on any atom is 0.224 e. The Balaban J connectivity index is 1.94. The highest BCUT2D eigenvalue weighted by Gasteiger charge is 2.41. The number of aryl methyl sites for hydroxylation is 1. The third-order valence-electron chi connectivity index (χ3n) is 4.57. The van der Waals surface area contributed by atoms with Gasteiger partial charge in [0.15, 0.2) is 0 Å². The monoisotopic (exact) mass is 260 g/mol. The Hall–Kier alpha value is -1.35. The highest BCUT2D eigenvalue weighted by molar-refractivity contribution is 5.79. The van der Waals surface area contributed by atoms with Gasteiger partial charge in [0.25, 0.3) is 0 Å². The fraction of sp³-hybridized carbons (Fsp3) is 0.562. The van der Waals surface area contributed by atoms with E-state index in [9.17, 15) is 4.79 Å². The highest BCUT2D eigenvalue weighted by Crippen LogP contribution is 2.43. The maximum absolute atomic E-state index is 12.0. The zero-order valence-corrected chi connectivity index (χ0v) is 12.2. The van der Waals surface area contributed by atoms with Crippen LogP contribution in [0.4, 0.5) is 0 Å². The SMILES string of the molecule is Cc1ccc(CC(=O)NCC2(CN)CC2)c(C)c1C. The quantitative estimate of drug-likeness (QED) is 0.851. The van der Waals surface area contributed by atoms with Crippen LogP contribution in [0.2, 0.25) is 0 Å². The van der Waals surface area contributed by atoms with Crippen molar-refractivity contribution in [3.8, 4) is 0 Å². The first kappa shape index (κ1) is 14.1. The minimum absolute atomic E-state index is 0.103. The van der Waals surface area contributed by atoms with Gasteiger partial charge in [0.2, 0.25) is 5.91 Å². The fourth-order valence-corrected chi connectivity index (χ4v) is 2.36. The lowest BCUT2D eigenvalue weighted by Crippen LogP contribution is -2.34. The number of nitrogens with two attached hydrogens (primary N) is 1. The average Bonchev–Trinajstić information content (AvgIpc) is 3.18. The Kier molecular flexibility index (Phi) is 3.95. The van der Waals surface area contributed by atoms with Crippen LogP contribution in [0.15, 0.2) is 12.1 Å². The molecule has 0 bridgehead atoms. The van der Waals surface area contributed by atoms with E-state index in [2.05, 4.69) is 38.2 Å². The largest absolute Gasteiger partial charge is 0.355 e. The van der Waals surface area contributed by atoms with Gasteiger partial charge in [-0.1, -0.05) is 12.1 Å². The van der Waals surface area contributed by atoms with Gasteiger partial charge in [-0.2, -0.15) is 0 Å². The minimum Gasteiger partial charge on any atom is -0.355 e. The molecule has 0 saturated heterocycles. The number of benzene rings is 1. The molecule has 19 heavy (non-hydrogen) atoms. The molecule has 104 valence electrons. The number of nitrogens with one attached hydrogen (secondary N) is 1. The smallest absolute Gasteiger partial charge is 0.224 e. The van der Waals surface area contributed by atoms with Crippen molar-refractivity contribution in [3.63, 3.8) is 0 Å². The van der Waals surface area contributed by atoms with Crippen molar-refractivity contribution in [2.24, 2.45) is 11.1 Å². The van der Waals surface area contributed by atoms with Gasteiger partial charge in [-0.05, 0) is 67.8 Å². The summed E-state index contributed by atoms with van der Waals surface area (Å²) in [4.78, 5) is 12.0. The Labute approximate surface area is 115 Å². The van der Waals surface area contributed by atoms with E-state index in [0.717, 1.165) is 24.9 Å². The summed E-state index contributed by atoms with van der Waals surface area (Å²) in [6.45, 7) is 7.71. The van der Waals surface area contributed by atoms with E-state index in [1.807, 2.05) is 0 Å². The summed E-state index contributed by atoms with van der Waals surface area (Å²) >= 11 is 0. The predicted molar refractivity (Wildman–Crippen MR) is 78.1 cm³/mol. The van der Waals surface area contributed by atoms with Crippen molar-refractivity contribution in [1.82, 2.24) is 5.32 Å². The molecule has 0 radical (unpaired) electrons. The van der Waals surface area contributed by atoms with Crippen molar-refractivity contribution in [2.45, 2.75) is 40.0 Å². The van der Waals surface area contributed by atoms with E-state index in [1.165, 1.54) is 16.7 Å². The lowest BCUT2D eigenvalue weighted by atomic mass is 9.97. The Morgan fingerprint density at radius 3 is 2.53 bits per heavy atom. The van der Waals surface area contributed by atoms with Crippen LogP contribution in [0.25, 0.3) is 0 Å². The summed E-state index contributed by atoms with van der Waals surface area (Å²) in [5, 5.41) is 3.03. The molecule has 1 aromatic carbocycles. The van der Waals surface area contributed by atoms with E-state index in [-0.39, 0.29) is 11.3 Å². The molecule has 0 unspecified atom stereocenters. The molecular formula is C16H24N2O. The second kappa shape index (κ2) is 5.33. The second-order valence-electron chi connectivity index (χ2n) is 5.95. The number of hydrogen-bond acceptors (Lipinski definition) is 2. The third kappa shape index (κ3) is 3.16. The minimum atomic E-state index is 0.103. The third-order valence-corrected chi connectivity index (χ3v) is 4.57. The molecular weight excluding hydrogens is 236 g/mol. The molecule has 1 amide bonds. The molecule has 1 aromatic rings. The van der Waals surface area contributed by atoms with E-state index < -0.39 is 0 Å². The van der Waals surface area contributed by atoms with Gasteiger partial charge in [0, 0.05) is 6.54 Å². The lowest BCUT2D eigenvalue weighted by molar-refractivity contribution is -0.120. The number of rotatable bonds is 5. The molecule has 0 heterocycles. The fourth-order valence-electron chi connectivity index (χ4n) is 2.36. The summed E-state index contributed by atoms with van der Waals surface area (Å²) in [6, 6.07) is 4.15. The van der Waals surface area contributed by atoms with Crippen molar-refractivity contribution in [1.29, 1.82) is 0 Å². The molecule has 3 heteroatoms. The summed E-state index contributed by atoms with van der Waals surface area (Å²) in [5.74, 6) is 0.103. The molecule has 1 fully saturated rings. The van der Waals surface area contributed by atoms with Gasteiger partial charge in [0.05, 0.1) is 6.42 Å². The zero-order chi connectivity index (χ0) is 14.0. The summed E-state index contributed by atoms with van der Waals surface area (Å²) in [6.07, 6.45) is 2.76. The van der Waals surface area contributed by atoms with Crippen LogP contribution in [0.1, 0.15) is 35.1 Å². The van der Waals surface area contributed by atoms with E-state index >= 15 is 0 Å². The first-order chi connectivity index (χ1) is 8.97. The molecule has 1 aliphatic carbocycles. The van der Waals surface area contributed by atoms with Gasteiger partial charge >= 0.3 is 0 Å². The van der Waals surface area contributed by atoms with Crippen LogP contribution in [0.3, 0.4) is 0 Å². The van der Waals surface area contributed by atoms with Crippen molar-refractivity contribution in [2.75, 3.05) is 13.1 Å². The van der Waals surface area contributed by atoms with Gasteiger partial charge < -0.3 is 11.1 Å². The van der Waals surface area contributed by atoms with Crippen LogP contribution in [0.5, 0.6) is 0 Å². The van der Waals surface area contributed by atoms with Gasteiger partial charge in [-0.25, -0.2) is 0 Å². The molecule has 2 rings (SSSR count). The normalized spacial score (nSPS) is 16.2. The topological polar surface area (TPSA) is 55.1 Å². The zero-order valence-electron chi connectivity index (χ0n) is 12.2. The van der Waals surface area contributed by atoms with Crippen molar-refractivity contribution in [3.05, 3.63) is 34.4 Å². The summed E-state index contributed by atoms with van der Waals surface area (Å²) < 4.78 is 0. The molecule has 3 nitrogen and oxygen atoms in total. The Morgan fingerprint density at radius 2 is 1.95 bits per heavy atom. The molecule has 1 aliphatic rings. The van der Waals surface area contributed by atoms with Gasteiger partial charge in [-0.15, -0.1) is 0 Å². The van der Waals surface area contributed by atoms with Crippen molar-refractivity contribution < 1.29 is 4.79 Å². The van der Waals surface area contributed by atoms with Gasteiger partial charge in [0.1, 0.15) is 0 Å². The average molecular weight is 260 g/mol. The van der Waals surface area contributed by atoms with E-state index in [1.54, 1.807) is 0 Å². The lowest BCUT2D eigenvalue weighted by Gasteiger charge is -2.15. The van der Waals surface area contributed by atoms with E-state index in [0.29, 0.717) is 13.0 Å². The number of carbonyl (C=O) groups excluding carboxylic acids is 1. The number of carbonyl (C=O) groups is 1. The Bertz CT molecular complexity index is 490. The van der Waals surface area contributed by atoms with Crippen molar-refractivity contribution >= 4 is 5.91 Å². The molecule has 0 atom stereocenters. The highest BCUT2D eigenvalue weighted by atomic mass is 16.1. The molecule has 0 spiro atoms. The maximum atomic E-state index is 12.0. The van der Waals surface area contributed by atoms with Crippen LogP contribution < -0.4 is 11.1 Å².